The Morgan fingerprint density at radius 3 is 2.55 bits per heavy atom. The van der Waals surface area contributed by atoms with Crippen molar-refractivity contribution in [3.05, 3.63) is 59.4 Å². The number of rotatable bonds is 6. The van der Waals surface area contributed by atoms with Gasteiger partial charge in [-0.3, -0.25) is 0 Å². The summed E-state index contributed by atoms with van der Waals surface area (Å²) in [6, 6.07) is 7.64. The highest BCUT2D eigenvalue weighted by molar-refractivity contribution is 7.81. The molecule has 0 aliphatic carbocycles. The predicted octanol–water partition coefficient (Wildman–Crippen LogP) is 4.20. The van der Waals surface area contributed by atoms with Crippen molar-refractivity contribution in [3.8, 4) is 11.5 Å². The van der Waals surface area contributed by atoms with Crippen LogP contribution in [0.15, 0.2) is 36.4 Å². The summed E-state index contributed by atoms with van der Waals surface area (Å²) in [4.78, 5) is 14.1. The van der Waals surface area contributed by atoms with Crippen LogP contribution in [0.2, 0.25) is 0 Å². The maximum atomic E-state index is 13.7. The van der Waals surface area contributed by atoms with Crippen molar-refractivity contribution in [2.45, 2.75) is 24.3 Å². The van der Waals surface area contributed by atoms with Crippen LogP contribution in [-0.4, -0.2) is 42.5 Å². The Bertz CT molecular complexity index is 883. The molecule has 1 amide bonds. The lowest BCUT2D eigenvalue weighted by molar-refractivity contribution is 0.0647. The maximum Gasteiger partial charge on any atom is 0.415 e. The summed E-state index contributed by atoms with van der Waals surface area (Å²) in [6.07, 6.45) is -0.0385. The van der Waals surface area contributed by atoms with Gasteiger partial charge in [-0.1, -0.05) is 12.1 Å². The van der Waals surface area contributed by atoms with Crippen LogP contribution >= 0.6 is 12.6 Å². The Labute approximate surface area is 171 Å². The first kappa shape index (κ1) is 21.3. The van der Waals surface area contributed by atoms with E-state index in [0.717, 1.165) is 6.07 Å². The number of amides is 1. The zero-order valence-electron chi connectivity index (χ0n) is 15.6. The number of carbonyl (C=O) groups is 1. The van der Waals surface area contributed by atoms with Crippen LogP contribution in [0, 0.1) is 17.5 Å². The third kappa shape index (κ3) is 5.16. The van der Waals surface area contributed by atoms with Gasteiger partial charge >= 0.3 is 6.09 Å². The van der Waals surface area contributed by atoms with Gasteiger partial charge in [-0.05, 0) is 24.6 Å². The Morgan fingerprint density at radius 1 is 1.14 bits per heavy atom. The number of hydrogen-bond acceptors (Lipinski definition) is 5. The number of thiol groups is 1. The average molecular weight is 427 g/mol. The molecule has 1 aliphatic rings. The Balaban J connectivity index is 1.61. The fraction of sp³-hybridized carbons (Fsp3) is 0.350. The number of ether oxygens (including phenoxy) is 3. The molecule has 1 fully saturated rings. The number of likely N-dealkylation sites (tertiary alicyclic amines) is 1. The second-order valence-corrected chi connectivity index (χ2v) is 7.32. The van der Waals surface area contributed by atoms with Gasteiger partial charge in [-0.15, -0.1) is 0 Å². The molecule has 9 heteroatoms. The minimum atomic E-state index is -1.26. The van der Waals surface area contributed by atoms with Gasteiger partial charge in [0.1, 0.15) is 5.82 Å². The van der Waals surface area contributed by atoms with Crippen molar-refractivity contribution in [1.82, 2.24) is 4.90 Å². The van der Waals surface area contributed by atoms with Crippen molar-refractivity contribution in [3.63, 3.8) is 0 Å². The minimum Gasteiger partial charge on any atom is -0.493 e. The van der Waals surface area contributed by atoms with Crippen LogP contribution in [0.1, 0.15) is 12.0 Å². The molecule has 0 spiro atoms. The molecule has 156 valence electrons. The number of para-hydroxylation sites is 2. The predicted molar refractivity (Wildman–Crippen MR) is 103 cm³/mol. The molecular formula is C20H20F3NO4S. The van der Waals surface area contributed by atoms with E-state index < -0.39 is 23.5 Å². The molecule has 0 saturated carbocycles. The summed E-state index contributed by atoms with van der Waals surface area (Å²) < 4.78 is 56.1. The quantitative estimate of drug-likeness (QED) is 0.555. The third-order valence-corrected chi connectivity index (χ3v) is 4.92. The van der Waals surface area contributed by atoms with Gasteiger partial charge in [0, 0.05) is 23.4 Å². The molecule has 29 heavy (non-hydrogen) atoms. The molecule has 1 saturated heterocycles. The number of carbonyl (C=O) groups excluding carboxylic acids is 1. The highest BCUT2D eigenvalue weighted by atomic mass is 32.1. The van der Waals surface area contributed by atoms with E-state index in [-0.39, 0.29) is 35.8 Å². The number of nitrogens with zero attached hydrogens (tertiary/aromatic N) is 1. The normalized spacial score (nSPS) is 18.7. The van der Waals surface area contributed by atoms with Crippen LogP contribution in [-0.2, 0) is 11.3 Å². The zero-order valence-corrected chi connectivity index (χ0v) is 16.5. The fourth-order valence-electron chi connectivity index (χ4n) is 3.11. The van der Waals surface area contributed by atoms with E-state index in [0.29, 0.717) is 24.8 Å². The molecule has 0 N–H and O–H groups in total. The van der Waals surface area contributed by atoms with Gasteiger partial charge in [0.25, 0.3) is 0 Å². The fourth-order valence-corrected chi connectivity index (χ4v) is 3.53. The lowest BCUT2D eigenvalue weighted by Crippen LogP contribution is -2.40. The van der Waals surface area contributed by atoms with E-state index >= 15 is 0 Å². The lowest BCUT2D eigenvalue weighted by atomic mass is 10.2. The molecule has 2 atom stereocenters. The van der Waals surface area contributed by atoms with E-state index in [1.807, 2.05) is 0 Å². The van der Waals surface area contributed by atoms with E-state index in [4.69, 9.17) is 14.2 Å². The SMILES string of the molecule is COc1ccccc1OC(=O)N1C[C@H](S)C[C@H]1COCc1cc(F)c(F)cc1F. The minimum absolute atomic E-state index is 0.0660. The number of methoxy groups -OCH3 is 1. The molecule has 3 rings (SSSR count). The smallest absolute Gasteiger partial charge is 0.415 e. The van der Waals surface area contributed by atoms with Gasteiger partial charge in [0.2, 0.25) is 0 Å². The molecule has 2 aromatic rings. The van der Waals surface area contributed by atoms with E-state index in [9.17, 15) is 18.0 Å². The van der Waals surface area contributed by atoms with E-state index in [2.05, 4.69) is 12.6 Å². The Hall–Kier alpha value is -2.39. The molecule has 0 unspecified atom stereocenters. The van der Waals surface area contributed by atoms with Gasteiger partial charge in [-0.2, -0.15) is 12.6 Å². The Kier molecular flexibility index (Phi) is 6.92. The van der Waals surface area contributed by atoms with E-state index in [1.165, 1.54) is 12.0 Å². The van der Waals surface area contributed by atoms with Crippen molar-refractivity contribution in [2.24, 2.45) is 0 Å². The molecule has 0 bridgehead atoms. The summed E-state index contributed by atoms with van der Waals surface area (Å²) in [5.74, 6) is -2.60. The molecule has 2 aromatic carbocycles. The van der Waals surface area contributed by atoms with Gasteiger partial charge in [-0.25, -0.2) is 18.0 Å². The second kappa shape index (κ2) is 9.41. The highest BCUT2D eigenvalue weighted by Crippen LogP contribution is 2.29. The largest absolute Gasteiger partial charge is 0.493 e. The van der Waals surface area contributed by atoms with Crippen LogP contribution in [0.5, 0.6) is 11.5 Å². The zero-order chi connectivity index (χ0) is 21.0. The van der Waals surface area contributed by atoms with Crippen LogP contribution in [0.3, 0.4) is 0 Å². The third-order valence-electron chi connectivity index (χ3n) is 4.55. The highest BCUT2D eigenvalue weighted by Gasteiger charge is 2.35. The standard InChI is InChI=1S/C20H20F3NO4S/c1-26-18-4-2-3-5-19(18)28-20(25)24-9-14(29)7-13(24)11-27-10-12-6-16(22)17(23)8-15(12)21/h2-6,8,13-14,29H,7,9-11H2,1H3/t13-,14+/m0/s1. The van der Waals surface area contributed by atoms with E-state index in [1.54, 1.807) is 24.3 Å². The maximum absolute atomic E-state index is 13.7. The van der Waals surface area contributed by atoms with Gasteiger partial charge in [0.05, 0.1) is 26.4 Å². The number of halogens is 3. The molecule has 1 heterocycles. The number of benzene rings is 2. The number of hydrogen-bond donors (Lipinski definition) is 1. The summed E-state index contributed by atoms with van der Waals surface area (Å²) in [5.41, 5.74) is -0.104. The molecule has 0 radical (unpaired) electrons. The molecule has 5 nitrogen and oxygen atoms in total. The monoisotopic (exact) mass is 427 g/mol. The molecule has 1 aliphatic heterocycles. The summed E-state index contributed by atoms with van der Waals surface area (Å²) in [5, 5.41) is -0.0752. The first-order valence-corrected chi connectivity index (χ1v) is 9.41. The summed E-state index contributed by atoms with van der Waals surface area (Å²) in [6.45, 7) is 0.160. The van der Waals surface area contributed by atoms with Crippen LogP contribution < -0.4 is 9.47 Å². The average Bonchev–Trinajstić information content (AvgIpc) is 3.07. The van der Waals surface area contributed by atoms with Gasteiger partial charge < -0.3 is 19.1 Å². The first-order chi connectivity index (χ1) is 13.9. The van der Waals surface area contributed by atoms with Crippen molar-refractivity contribution < 1.29 is 32.2 Å². The summed E-state index contributed by atoms with van der Waals surface area (Å²) >= 11 is 4.42. The summed E-state index contributed by atoms with van der Waals surface area (Å²) in [7, 11) is 1.47. The van der Waals surface area contributed by atoms with Crippen LogP contribution in [0.4, 0.5) is 18.0 Å². The van der Waals surface area contributed by atoms with Crippen molar-refractivity contribution in [2.75, 3.05) is 20.3 Å². The molecular weight excluding hydrogens is 407 g/mol. The van der Waals surface area contributed by atoms with Crippen molar-refractivity contribution in [1.29, 1.82) is 0 Å². The molecule has 0 aromatic heterocycles. The van der Waals surface area contributed by atoms with Crippen molar-refractivity contribution >= 4 is 18.7 Å². The first-order valence-electron chi connectivity index (χ1n) is 8.89. The van der Waals surface area contributed by atoms with Crippen LogP contribution in [0.25, 0.3) is 0 Å². The lowest BCUT2D eigenvalue weighted by Gasteiger charge is -2.24. The van der Waals surface area contributed by atoms with Gasteiger partial charge in [0.15, 0.2) is 23.1 Å². The second-order valence-electron chi connectivity index (χ2n) is 6.59. The Morgan fingerprint density at radius 2 is 1.83 bits per heavy atom. The topological polar surface area (TPSA) is 48.0 Å².